The second-order valence-corrected chi connectivity index (χ2v) is 10.8. The highest BCUT2D eigenvalue weighted by Crippen LogP contribution is 2.31. The van der Waals surface area contributed by atoms with E-state index in [1.165, 1.54) is 10.8 Å². The van der Waals surface area contributed by atoms with Gasteiger partial charge in [-0.05, 0) is 64.2 Å². The Labute approximate surface area is 228 Å². The van der Waals surface area contributed by atoms with Crippen molar-refractivity contribution < 1.29 is 18.8 Å². The number of benzene rings is 2. The monoisotopic (exact) mass is 531 g/mol. The Morgan fingerprint density at radius 2 is 1.69 bits per heavy atom. The van der Waals surface area contributed by atoms with Crippen LogP contribution in [0.1, 0.15) is 26.3 Å². The molecule has 2 aromatic heterocycles. The van der Waals surface area contributed by atoms with Crippen LogP contribution in [0.4, 0.5) is 9.18 Å². The molecule has 39 heavy (non-hydrogen) atoms. The van der Waals surface area contributed by atoms with Gasteiger partial charge in [0, 0.05) is 55.6 Å². The molecule has 4 aromatic rings. The highest BCUT2D eigenvalue weighted by molar-refractivity contribution is 5.68. The Bertz CT molecular complexity index is 1430. The topological polar surface area (TPSA) is 64.8 Å². The highest BCUT2D eigenvalue weighted by atomic mass is 19.1. The average Bonchev–Trinajstić information content (AvgIpc) is 3.52. The first-order valence-corrected chi connectivity index (χ1v) is 13.1. The Kier molecular flexibility index (Phi) is 7.54. The van der Waals surface area contributed by atoms with Crippen molar-refractivity contribution in [2.75, 3.05) is 33.2 Å². The third-order valence-electron chi connectivity index (χ3n) is 6.65. The Morgan fingerprint density at radius 3 is 2.38 bits per heavy atom. The van der Waals surface area contributed by atoms with Crippen LogP contribution in [0.15, 0.2) is 73.1 Å². The van der Waals surface area contributed by atoms with E-state index in [2.05, 4.69) is 21.9 Å². The van der Waals surface area contributed by atoms with E-state index in [0.29, 0.717) is 17.8 Å². The summed E-state index contributed by atoms with van der Waals surface area (Å²) in [6.45, 7) is 9.97. The number of carbonyl (C=O) groups is 1. The Morgan fingerprint density at radius 1 is 0.974 bits per heavy atom. The summed E-state index contributed by atoms with van der Waals surface area (Å²) in [6.07, 6.45) is 2.71. The van der Waals surface area contributed by atoms with Crippen molar-refractivity contribution >= 4 is 6.16 Å². The summed E-state index contributed by atoms with van der Waals surface area (Å²) in [5, 5.41) is 4.69. The number of nitrogens with zero attached hydrogens (tertiary/aromatic N) is 5. The lowest BCUT2D eigenvalue weighted by Crippen LogP contribution is -2.43. The normalized spacial score (nSPS) is 14.9. The molecular weight excluding hydrogens is 497 g/mol. The fourth-order valence-electron chi connectivity index (χ4n) is 4.67. The first-order valence-electron chi connectivity index (χ1n) is 13.1. The van der Waals surface area contributed by atoms with Crippen molar-refractivity contribution in [2.24, 2.45) is 0 Å². The van der Waals surface area contributed by atoms with E-state index in [9.17, 15) is 4.79 Å². The molecule has 1 fully saturated rings. The molecule has 0 bridgehead atoms. The quantitative estimate of drug-likeness (QED) is 0.317. The zero-order valence-electron chi connectivity index (χ0n) is 22.8. The highest BCUT2D eigenvalue weighted by Gasteiger charge is 2.22. The summed E-state index contributed by atoms with van der Waals surface area (Å²) < 4.78 is 23.5. The number of halogens is 1. The summed E-state index contributed by atoms with van der Waals surface area (Å²) >= 11 is 0. The van der Waals surface area contributed by atoms with Gasteiger partial charge in [0.25, 0.3) is 0 Å². The second-order valence-electron chi connectivity index (χ2n) is 10.8. The number of rotatable bonds is 6. The molecule has 0 saturated carbocycles. The van der Waals surface area contributed by atoms with Crippen molar-refractivity contribution in [3.63, 3.8) is 0 Å². The van der Waals surface area contributed by atoms with Gasteiger partial charge in [-0.3, -0.25) is 4.90 Å². The lowest BCUT2D eigenvalue weighted by atomic mass is 10.1. The van der Waals surface area contributed by atoms with Gasteiger partial charge in [0.1, 0.15) is 11.4 Å². The van der Waals surface area contributed by atoms with Crippen LogP contribution in [0.25, 0.3) is 28.2 Å². The fraction of sp³-hybridized carbons (Fsp3) is 0.333. The molecule has 1 aliphatic rings. The zero-order chi connectivity index (χ0) is 27.6. The fourth-order valence-corrected chi connectivity index (χ4v) is 4.67. The van der Waals surface area contributed by atoms with Gasteiger partial charge in [0.15, 0.2) is 0 Å². The van der Waals surface area contributed by atoms with Crippen LogP contribution >= 0.6 is 0 Å². The molecular formula is C30H34FN5O3. The van der Waals surface area contributed by atoms with Gasteiger partial charge in [0.2, 0.25) is 0 Å². The lowest BCUT2D eigenvalue weighted by molar-refractivity contribution is -0.00993. The molecule has 0 radical (unpaired) electrons. The van der Waals surface area contributed by atoms with E-state index in [0.717, 1.165) is 48.7 Å². The van der Waals surface area contributed by atoms with Gasteiger partial charge >= 0.3 is 6.16 Å². The molecule has 0 amide bonds. The number of ether oxygens (including phenoxy) is 1. The van der Waals surface area contributed by atoms with Crippen molar-refractivity contribution in [1.29, 1.82) is 0 Å². The molecule has 0 unspecified atom stereocenters. The molecule has 0 N–H and O–H groups in total. The smallest absolute Gasteiger partial charge is 0.427 e. The van der Waals surface area contributed by atoms with Crippen molar-refractivity contribution in [3.8, 4) is 28.2 Å². The maximum atomic E-state index is 15.0. The first kappa shape index (κ1) is 26.6. The molecule has 8 nitrogen and oxygen atoms in total. The number of likely N-dealkylation sites (N-methyl/N-ethyl adjacent to an activating group) is 1. The van der Waals surface area contributed by atoms with Gasteiger partial charge in [-0.15, -0.1) is 0 Å². The van der Waals surface area contributed by atoms with Crippen molar-refractivity contribution in [2.45, 2.75) is 32.9 Å². The second kappa shape index (κ2) is 11.0. The molecule has 204 valence electrons. The van der Waals surface area contributed by atoms with Gasteiger partial charge in [0.05, 0.1) is 23.3 Å². The molecule has 0 aliphatic carbocycles. The summed E-state index contributed by atoms with van der Waals surface area (Å²) in [4.78, 5) is 22.3. The summed E-state index contributed by atoms with van der Waals surface area (Å²) in [5.74, 6) is -0.285. The lowest BCUT2D eigenvalue weighted by Gasteiger charge is -2.32. The summed E-state index contributed by atoms with van der Waals surface area (Å²) in [6, 6.07) is 18.2. The average molecular weight is 532 g/mol. The maximum Gasteiger partial charge on any atom is 0.534 e. The molecule has 0 spiro atoms. The van der Waals surface area contributed by atoms with Crippen LogP contribution in [0, 0.1) is 5.82 Å². The van der Waals surface area contributed by atoms with Crippen LogP contribution in [0.2, 0.25) is 0 Å². The van der Waals surface area contributed by atoms with Crippen LogP contribution in [0.5, 0.6) is 0 Å². The van der Waals surface area contributed by atoms with Crippen molar-refractivity contribution in [1.82, 2.24) is 24.3 Å². The van der Waals surface area contributed by atoms with Gasteiger partial charge in [-0.1, -0.05) is 24.3 Å². The number of aromatic nitrogens is 3. The first-order chi connectivity index (χ1) is 18.7. The molecule has 5 rings (SSSR count). The van der Waals surface area contributed by atoms with Gasteiger partial charge < -0.3 is 14.5 Å². The van der Waals surface area contributed by atoms with E-state index < -0.39 is 11.8 Å². The number of hydrogen-bond donors (Lipinski definition) is 0. The predicted octanol–water partition coefficient (Wildman–Crippen LogP) is 5.26. The van der Waals surface area contributed by atoms with Crippen LogP contribution in [0.3, 0.4) is 0 Å². The Balaban J connectivity index is 1.44. The molecule has 9 heteroatoms. The summed E-state index contributed by atoms with van der Waals surface area (Å²) in [5.41, 5.74) is 3.91. The van der Waals surface area contributed by atoms with Crippen LogP contribution < -0.4 is 4.84 Å². The van der Waals surface area contributed by atoms with E-state index in [-0.39, 0.29) is 5.82 Å². The predicted molar refractivity (Wildman–Crippen MR) is 148 cm³/mol. The largest absolute Gasteiger partial charge is 0.534 e. The zero-order valence-corrected chi connectivity index (χ0v) is 22.8. The standard InChI is InChI=1S/C30H34FN5O3/c1-30(2,3)38-29(37)39-35-15-7-10-27(35)22-11-13-24(14-12-22)36-28(25-8-5-6-9-26(25)31)23(20-32-36)21-34-18-16-33(4)17-19-34/h5-15,20H,16-19,21H2,1-4H3. The van der Waals surface area contributed by atoms with Gasteiger partial charge in [-0.2, -0.15) is 9.83 Å². The van der Waals surface area contributed by atoms with E-state index >= 15 is 4.39 Å². The number of hydrogen-bond acceptors (Lipinski definition) is 6. The minimum atomic E-state index is -0.782. The minimum Gasteiger partial charge on any atom is -0.427 e. The summed E-state index contributed by atoms with van der Waals surface area (Å²) in [7, 11) is 2.13. The van der Waals surface area contributed by atoms with Crippen molar-refractivity contribution in [3.05, 3.63) is 84.4 Å². The molecule has 1 aliphatic heterocycles. The van der Waals surface area contributed by atoms with E-state index in [4.69, 9.17) is 9.57 Å². The third-order valence-corrected chi connectivity index (χ3v) is 6.65. The third kappa shape index (κ3) is 6.21. The molecule has 0 atom stereocenters. The Hall–Kier alpha value is -3.95. The van der Waals surface area contributed by atoms with Crippen LogP contribution in [-0.4, -0.2) is 69.3 Å². The number of carbonyl (C=O) groups excluding carboxylic acids is 1. The molecule has 3 heterocycles. The number of piperazine rings is 1. The minimum absolute atomic E-state index is 0.285. The molecule has 1 saturated heterocycles. The van der Waals surface area contributed by atoms with E-state index in [1.807, 2.05) is 42.6 Å². The maximum absolute atomic E-state index is 15.0. The van der Waals surface area contributed by atoms with E-state index in [1.54, 1.807) is 49.8 Å². The molecule has 2 aromatic carbocycles. The van der Waals surface area contributed by atoms with Crippen LogP contribution in [-0.2, 0) is 11.3 Å². The van der Waals surface area contributed by atoms with Gasteiger partial charge in [-0.25, -0.2) is 13.9 Å². The SMILES string of the molecule is CN1CCN(Cc2cnn(-c3ccc(-c4cccn4OC(=O)OC(C)(C)C)cc3)c2-c2ccccc2F)CC1.